The summed E-state index contributed by atoms with van der Waals surface area (Å²) in [5.41, 5.74) is 3.05. The van der Waals surface area contributed by atoms with E-state index in [-0.39, 0.29) is 11.3 Å². The minimum absolute atomic E-state index is 0.132. The molecular weight excluding hydrogens is 322 g/mol. The van der Waals surface area contributed by atoms with Crippen LogP contribution in [0.1, 0.15) is 28.6 Å². The van der Waals surface area contributed by atoms with Crippen molar-refractivity contribution in [3.63, 3.8) is 0 Å². The molecule has 0 bridgehead atoms. The molecule has 4 rings (SSSR count). The monoisotopic (exact) mass is 341 g/mol. The number of hydrogen-bond acceptors (Lipinski definition) is 3. The highest BCUT2D eigenvalue weighted by atomic mass is 32.2. The smallest absolute Gasteiger partial charge is 0.235 e. The quantitative estimate of drug-likeness (QED) is 0.863. The predicted molar refractivity (Wildman–Crippen MR) is 100 cm³/mol. The fourth-order valence-corrected chi connectivity index (χ4v) is 5.93. The number of rotatable bonds is 4. The van der Waals surface area contributed by atoms with Gasteiger partial charge in [0, 0.05) is 17.2 Å². The summed E-state index contributed by atoms with van der Waals surface area (Å²) in [5, 5.41) is 3.15. The minimum Gasteiger partial charge on any atom is -0.325 e. The van der Waals surface area contributed by atoms with Gasteiger partial charge in [-0.1, -0.05) is 42.5 Å². The van der Waals surface area contributed by atoms with E-state index in [0.717, 1.165) is 24.1 Å². The lowest BCUT2D eigenvalue weighted by molar-refractivity contribution is -0.118. The molecule has 0 spiro atoms. The van der Waals surface area contributed by atoms with Crippen molar-refractivity contribution in [1.82, 2.24) is 0 Å². The number of hydrogen-bond donors (Lipinski definition) is 1. The van der Waals surface area contributed by atoms with Gasteiger partial charge < -0.3 is 5.32 Å². The number of thioether (sulfide) groups is 2. The molecule has 2 fully saturated rings. The highest BCUT2D eigenvalue weighted by Gasteiger charge is 2.51. The van der Waals surface area contributed by atoms with E-state index in [1.165, 1.54) is 17.1 Å². The first-order valence-electron chi connectivity index (χ1n) is 7.98. The third-order valence-corrected chi connectivity index (χ3v) is 7.65. The number of carbonyl (C=O) groups is 1. The van der Waals surface area contributed by atoms with Gasteiger partial charge in [0.15, 0.2) is 0 Å². The van der Waals surface area contributed by atoms with Gasteiger partial charge in [-0.2, -0.15) is 0 Å². The van der Waals surface area contributed by atoms with Crippen LogP contribution in [0.3, 0.4) is 0 Å². The summed E-state index contributed by atoms with van der Waals surface area (Å²) in [4.78, 5) is 12.8. The Labute approximate surface area is 145 Å². The molecule has 2 aromatic carbocycles. The lowest BCUT2D eigenvalue weighted by atomic mass is 9.95. The molecule has 118 valence electrons. The molecule has 1 heterocycles. The van der Waals surface area contributed by atoms with Crippen LogP contribution >= 0.6 is 23.5 Å². The van der Waals surface area contributed by atoms with E-state index < -0.39 is 0 Å². The summed E-state index contributed by atoms with van der Waals surface area (Å²) >= 11 is 3.98. The van der Waals surface area contributed by atoms with Gasteiger partial charge in [0.2, 0.25) is 5.91 Å². The number of carbonyl (C=O) groups excluding carboxylic acids is 1. The van der Waals surface area contributed by atoms with Crippen molar-refractivity contribution in [2.75, 3.05) is 16.8 Å². The zero-order valence-corrected chi connectivity index (χ0v) is 14.5. The number of anilines is 1. The Morgan fingerprint density at radius 2 is 1.74 bits per heavy atom. The summed E-state index contributed by atoms with van der Waals surface area (Å²) in [6, 6.07) is 18.5. The van der Waals surface area contributed by atoms with Crippen LogP contribution in [0, 0.1) is 0 Å². The summed E-state index contributed by atoms with van der Waals surface area (Å²) < 4.78 is 0.510. The fraction of sp³-hybridized carbons (Fsp3) is 0.316. The average Bonchev–Trinajstić information content (AvgIpc) is 3.23. The SMILES string of the molecule is O=C(Nc1cccc(C2SCCS2)c1)C1(c2ccccc2)CC1. The third-order valence-electron chi connectivity index (χ3n) is 4.55. The molecule has 0 radical (unpaired) electrons. The summed E-state index contributed by atoms with van der Waals surface area (Å²) in [7, 11) is 0. The van der Waals surface area contributed by atoms with Crippen molar-refractivity contribution in [2.24, 2.45) is 0 Å². The van der Waals surface area contributed by atoms with Gasteiger partial charge in [-0.3, -0.25) is 4.79 Å². The Morgan fingerprint density at radius 3 is 2.43 bits per heavy atom. The van der Waals surface area contributed by atoms with Gasteiger partial charge >= 0.3 is 0 Å². The second kappa shape index (κ2) is 6.25. The zero-order chi connectivity index (χ0) is 15.7. The molecule has 0 unspecified atom stereocenters. The van der Waals surface area contributed by atoms with Crippen LogP contribution in [0.4, 0.5) is 5.69 Å². The summed E-state index contributed by atoms with van der Waals surface area (Å²) in [6.07, 6.45) is 1.88. The first-order valence-corrected chi connectivity index (χ1v) is 10.1. The molecule has 23 heavy (non-hydrogen) atoms. The maximum atomic E-state index is 12.8. The van der Waals surface area contributed by atoms with E-state index in [9.17, 15) is 4.79 Å². The van der Waals surface area contributed by atoms with Crippen molar-refractivity contribution < 1.29 is 4.79 Å². The van der Waals surface area contributed by atoms with Crippen molar-refractivity contribution in [1.29, 1.82) is 0 Å². The first kappa shape index (κ1) is 15.2. The maximum absolute atomic E-state index is 12.8. The van der Waals surface area contributed by atoms with Gasteiger partial charge in [-0.15, -0.1) is 23.5 Å². The number of nitrogens with one attached hydrogen (secondary N) is 1. The highest BCUT2D eigenvalue weighted by molar-refractivity contribution is 8.19. The molecule has 1 amide bonds. The third kappa shape index (κ3) is 3.02. The van der Waals surface area contributed by atoms with Crippen LogP contribution in [-0.4, -0.2) is 17.4 Å². The van der Waals surface area contributed by atoms with Gasteiger partial charge in [0.05, 0.1) is 10.00 Å². The van der Waals surface area contributed by atoms with Crippen LogP contribution in [0.5, 0.6) is 0 Å². The Hall–Kier alpha value is -1.39. The molecule has 2 nitrogen and oxygen atoms in total. The standard InChI is InChI=1S/C19H19NOS2/c21-18(19(9-10-19)15-6-2-1-3-7-15)20-16-8-4-5-14(13-16)17-22-11-12-23-17/h1-8,13,17H,9-12H2,(H,20,21). The zero-order valence-electron chi connectivity index (χ0n) is 12.8. The van der Waals surface area contributed by atoms with E-state index in [1.54, 1.807) is 0 Å². The fourth-order valence-electron chi connectivity index (χ4n) is 3.09. The minimum atomic E-state index is -0.311. The molecule has 0 atom stereocenters. The lowest BCUT2D eigenvalue weighted by Gasteiger charge is -2.17. The van der Waals surface area contributed by atoms with Crippen LogP contribution in [-0.2, 0) is 10.2 Å². The van der Waals surface area contributed by atoms with E-state index in [2.05, 4.69) is 29.6 Å². The molecule has 0 aromatic heterocycles. The second-order valence-electron chi connectivity index (χ2n) is 6.10. The average molecular weight is 342 g/mol. The second-order valence-corrected chi connectivity index (χ2v) is 8.83. The molecule has 1 saturated heterocycles. The van der Waals surface area contributed by atoms with Gasteiger partial charge in [0.25, 0.3) is 0 Å². The van der Waals surface area contributed by atoms with Gasteiger partial charge in [0.1, 0.15) is 0 Å². The molecule has 2 aromatic rings. The number of amides is 1. The van der Waals surface area contributed by atoms with Crippen LogP contribution in [0.2, 0.25) is 0 Å². The Kier molecular flexibility index (Phi) is 4.12. The molecular formula is C19H19NOS2. The molecule has 1 aliphatic carbocycles. The normalized spacial score (nSPS) is 19.5. The molecule has 2 aliphatic rings. The molecule has 1 aliphatic heterocycles. The highest BCUT2D eigenvalue weighted by Crippen LogP contribution is 2.49. The first-order chi connectivity index (χ1) is 11.3. The van der Waals surface area contributed by atoms with Gasteiger partial charge in [-0.05, 0) is 36.1 Å². The van der Waals surface area contributed by atoms with E-state index in [0.29, 0.717) is 4.58 Å². The van der Waals surface area contributed by atoms with E-state index in [4.69, 9.17) is 0 Å². The summed E-state index contributed by atoms with van der Waals surface area (Å²) in [6.45, 7) is 0. The number of benzene rings is 2. The van der Waals surface area contributed by atoms with Crippen molar-refractivity contribution in [2.45, 2.75) is 22.8 Å². The van der Waals surface area contributed by atoms with Crippen molar-refractivity contribution in [3.05, 3.63) is 65.7 Å². The van der Waals surface area contributed by atoms with Crippen molar-refractivity contribution >= 4 is 35.1 Å². The lowest BCUT2D eigenvalue weighted by Crippen LogP contribution is -2.27. The topological polar surface area (TPSA) is 29.1 Å². The predicted octanol–water partition coefficient (Wildman–Crippen LogP) is 4.84. The maximum Gasteiger partial charge on any atom is 0.235 e. The molecule has 4 heteroatoms. The van der Waals surface area contributed by atoms with E-state index >= 15 is 0 Å². The largest absolute Gasteiger partial charge is 0.325 e. The van der Waals surface area contributed by atoms with Crippen LogP contribution in [0.25, 0.3) is 0 Å². The Balaban J connectivity index is 1.52. The van der Waals surface area contributed by atoms with E-state index in [1.807, 2.05) is 53.9 Å². The van der Waals surface area contributed by atoms with Gasteiger partial charge in [-0.25, -0.2) is 0 Å². The molecule has 1 N–H and O–H groups in total. The summed E-state index contributed by atoms with van der Waals surface area (Å²) in [5.74, 6) is 2.55. The Bertz CT molecular complexity index is 706. The van der Waals surface area contributed by atoms with Crippen LogP contribution < -0.4 is 5.32 Å². The Morgan fingerprint density at radius 1 is 1.00 bits per heavy atom. The van der Waals surface area contributed by atoms with Crippen LogP contribution in [0.15, 0.2) is 54.6 Å². The van der Waals surface area contributed by atoms with Crippen molar-refractivity contribution in [3.8, 4) is 0 Å². The molecule has 1 saturated carbocycles.